The Balaban J connectivity index is 2.19. The second-order valence-electron chi connectivity index (χ2n) is 6.43. The van der Waals surface area contributed by atoms with Crippen molar-refractivity contribution in [1.29, 1.82) is 0 Å². The number of nitrogens with one attached hydrogen (secondary N) is 1. The maximum atomic E-state index is 12.2. The quantitative estimate of drug-likeness (QED) is 0.781. The molecular formula is C20H27N2O3S+. The number of ether oxygens (including phenoxy) is 1. The maximum Gasteiger partial charge on any atom is 0.413 e. The molecule has 0 aliphatic rings. The van der Waals surface area contributed by atoms with E-state index in [0.29, 0.717) is 5.92 Å². The molecule has 3 N–H and O–H groups in total. The minimum atomic E-state index is -0.735. The van der Waals surface area contributed by atoms with Crippen molar-refractivity contribution < 1.29 is 19.6 Å². The van der Waals surface area contributed by atoms with E-state index in [1.165, 1.54) is 17.6 Å². The second-order valence-corrected chi connectivity index (χ2v) is 7.41. The van der Waals surface area contributed by atoms with Gasteiger partial charge in [-0.1, -0.05) is 44.2 Å². The van der Waals surface area contributed by atoms with Crippen LogP contribution in [0.3, 0.4) is 0 Å². The summed E-state index contributed by atoms with van der Waals surface area (Å²) in [5, 5.41) is 6.24. The largest absolute Gasteiger partial charge is 0.453 e. The highest BCUT2D eigenvalue weighted by Gasteiger charge is 2.26. The van der Waals surface area contributed by atoms with Gasteiger partial charge in [-0.25, -0.2) is 4.79 Å². The van der Waals surface area contributed by atoms with Crippen molar-refractivity contribution >= 4 is 23.3 Å². The van der Waals surface area contributed by atoms with Crippen LogP contribution in [0, 0.1) is 0 Å². The first-order valence-corrected chi connectivity index (χ1v) is 9.71. The van der Waals surface area contributed by atoms with Crippen molar-refractivity contribution in [1.82, 2.24) is 5.32 Å². The Morgan fingerprint density at radius 2 is 1.81 bits per heavy atom. The Bertz CT molecular complexity index is 713. The standard InChI is InChI=1S/C20H26N2O3S/c1-5-13(2)15-8-10-16(11-9-15)18(17-7-6-12-26-17)21-14(3)19(23)22-20(24)25-4/h6-14,18,21H,5H2,1-4H3,(H,22,23,24)/p+1/t13-,14+,18+/m1/s1. The number of hydrogen-bond acceptors (Lipinski definition) is 4. The maximum absolute atomic E-state index is 12.2. The molecule has 0 saturated heterocycles. The van der Waals surface area contributed by atoms with Gasteiger partial charge in [0.2, 0.25) is 0 Å². The number of rotatable bonds is 7. The summed E-state index contributed by atoms with van der Waals surface area (Å²) in [5.41, 5.74) is 2.45. The fourth-order valence-electron chi connectivity index (χ4n) is 2.75. The monoisotopic (exact) mass is 375 g/mol. The molecule has 6 heteroatoms. The molecule has 0 aliphatic heterocycles. The van der Waals surface area contributed by atoms with Crippen molar-refractivity contribution in [2.45, 2.75) is 45.2 Å². The zero-order valence-electron chi connectivity index (χ0n) is 15.7. The predicted octanol–water partition coefficient (Wildman–Crippen LogP) is 3.19. The first-order valence-electron chi connectivity index (χ1n) is 8.83. The number of thiophene rings is 1. The number of hydrogen-bond donors (Lipinski definition) is 2. The molecule has 0 unspecified atom stereocenters. The third-order valence-electron chi connectivity index (χ3n) is 4.63. The zero-order valence-corrected chi connectivity index (χ0v) is 16.5. The van der Waals surface area contributed by atoms with Gasteiger partial charge in [0, 0.05) is 5.56 Å². The number of imide groups is 1. The van der Waals surface area contributed by atoms with Gasteiger partial charge >= 0.3 is 6.09 Å². The molecule has 2 amide bonds. The van der Waals surface area contributed by atoms with Crippen LogP contribution < -0.4 is 10.6 Å². The highest BCUT2D eigenvalue weighted by Crippen LogP contribution is 2.25. The molecule has 26 heavy (non-hydrogen) atoms. The molecule has 0 bridgehead atoms. The number of methoxy groups -OCH3 is 1. The van der Waals surface area contributed by atoms with Gasteiger partial charge in [0.25, 0.3) is 5.91 Å². The second kappa shape index (κ2) is 9.50. The highest BCUT2D eigenvalue weighted by molar-refractivity contribution is 7.10. The summed E-state index contributed by atoms with van der Waals surface area (Å²) in [5.74, 6) is 0.160. The SMILES string of the molecule is CC[C@@H](C)c1ccc([C@H]([NH2+][C@@H](C)C(=O)NC(=O)OC)c2cccs2)cc1. The van der Waals surface area contributed by atoms with Crippen molar-refractivity contribution in [3.63, 3.8) is 0 Å². The lowest BCUT2D eigenvalue weighted by Gasteiger charge is -2.20. The molecule has 140 valence electrons. The van der Waals surface area contributed by atoms with E-state index >= 15 is 0 Å². The molecule has 0 saturated carbocycles. The van der Waals surface area contributed by atoms with Crippen LogP contribution in [0.5, 0.6) is 0 Å². The van der Waals surface area contributed by atoms with Crippen LogP contribution >= 0.6 is 11.3 Å². The predicted molar refractivity (Wildman–Crippen MR) is 103 cm³/mol. The zero-order chi connectivity index (χ0) is 19.1. The number of amides is 2. The van der Waals surface area contributed by atoms with Crippen molar-refractivity contribution in [3.05, 3.63) is 57.8 Å². The first kappa shape index (κ1) is 20.1. The molecule has 0 aliphatic carbocycles. The Morgan fingerprint density at radius 1 is 1.15 bits per heavy atom. The number of benzene rings is 1. The van der Waals surface area contributed by atoms with Gasteiger partial charge in [0.15, 0.2) is 6.04 Å². The van der Waals surface area contributed by atoms with E-state index in [-0.39, 0.29) is 11.9 Å². The average Bonchev–Trinajstić information content (AvgIpc) is 3.19. The summed E-state index contributed by atoms with van der Waals surface area (Å²) >= 11 is 1.66. The van der Waals surface area contributed by atoms with Gasteiger partial charge in [-0.05, 0) is 36.3 Å². The number of alkyl carbamates (subject to hydrolysis) is 1. The van der Waals surface area contributed by atoms with Crippen LogP contribution in [0.2, 0.25) is 0 Å². The van der Waals surface area contributed by atoms with E-state index < -0.39 is 12.1 Å². The molecule has 3 atom stereocenters. The van der Waals surface area contributed by atoms with Crippen molar-refractivity contribution in [2.24, 2.45) is 0 Å². The van der Waals surface area contributed by atoms with Gasteiger partial charge in [-0.15, -0.1) is 11.3 Å². The summed E-state index contributed by atoms with van der Waals surface area (Å²) in [7, 11) is 1.24. The van der Waals surface area contributed by atoms with Crippen LogP contribution in [0.1, 0.15) is 55.2 Å². The average molecular weight is 376 g/mol. The fraction of sp³-hybridized carbons (Fsp3) is 0.400. The Labute approximate surface area is 158 Å². The van der Waals surface area contributed by atoms with E-state index in [1.54, 1.807) is 18.3 Å². The number of carbonyl (C=O) groups excluding carboxylic acids is 2. The van der Waals surface area contributed by atoms with E-state index in [4.69, 9.17) is 0 Å². The molecule has 2 rings (SSSR count). The molecule has 1 aromatic heterocycles. The Morgan fingerprint density at radius 3 is 2.35 bits per heavy atom. The van der Waals surface area contributed by atoms with E-state index in [0.717, 1.165) is 12.0 Å². The van der Waals surface area contributed by atoms with Gasteiger partial charge in [0.05, 0.1) is 12.0 Å². The van der Waals surface area contributed by atoms with Gasteiger partial charge in [-0.2, -0.15) is 0 Å². The topological polar surface area (TPSA) is 72.0 Å². The summed E-state index contributed by atoms with van der Waals surface area (Å²) in [6.45, 7) is 6.19. The molecule has 1 aromatic carbocycles. The van der Waals surface area contributed by atoms with Crippen molar-refractivity contribution in [2.75, 3.05) is 7.11 Å². The Kier molecular flexibility index (Phi) is 7.36. The summed E-state index contributed by atoms with van der Waals surface area (Å²) in [4.78, 5) is 24.6. The van der Waals surface area contributed by atoms with Gasteiger partial charge in [-0.3, -0.25) is 10.1 Å². The Hall–Kier alpha value is -2.18. The number of carbonyl (C=O) groups is 2. The third kappa shape index (κ3) is 5.16. The molecule has 0 radical (unpaired) electrons. The molecule has 5 nitrogen and oxygen atoms in total. The molecule has 2 aromatic rings. The van der Waals surface area contributed by atoms with E-state index in [9.17, 15) is 9.59 Å². The van der Waals surface area contributed by atoms with Crippen LogP contribution in [-0.4, -0.2) is 25.2 Å². The number of nitrogens with two attached hydrogens (primary N) is 1. The van der Waals surface area contributed by atoms with Crippen molar-refractivity contribution in [3.8, 4) is 0 Å². The first-order chi connectivity index (χ1) is 12.5. The van der Waals surface area contributed by atoms with Gasteiger partial charge in [0.1, 0.15) is 6.04 Å². The normalized spacial score (nSPS) is 14.3. The smallest absolute Gasteiger partial charge is 0.413 e. The number of quaternary nitrogens is 1. The lowest BCUT2D eigenvalue weighted by atomic mass is 9.95. The molecule has 0 fully saturated rings. The summed E-state index contributed by atoms with van der Waals surface area (Å²) in [6.07, 6.45) is 0.366. The highest BCUT2D eigenvalue weighted by atomic mass is 32.1. The molecule has 0 spiro atoms. The summed E-state index contributed by atoms with van der Waals surface area (Å²) in [6, 6.07) is 12.2. The van der Waals surface area contributed by atoms with E-state index in [2.05, 4.69) is 54.2 Å². The van der Waals surface area contributed by atoms with Crippen LogP contribution in [0.25, 0.3) is 0 Å². The van der Waals surface area contributed by atoms with Crippen LogP contribution in [0.4, 0.5) is 4.79 Å². The van der Waals surface area contributed by atoms with Crippen LogP contribution in [0.15, 0.2) is 41.8 Å². The lowest BCUT2D eigenvalue weighted by Crippen LogP contribution is -2.92. The minimum absolute atomic E-state index is 0.000574. The third-order valence-corrected chi connectivity index (χ3v) is 5.59. The van der Waals surface area contributed by atoms with Gasteiger partial charge < -0.3 is 10.1 Å². The van der Waals surface area contributed by atoms with Crippen LogP contribution in [-0.2, 0) is 9.53 Å². The molecule has 1 heterocycles. The molecular weight excluding hydrogens is 348 g/mol. The lowest BCUT2D eigenvalue weighted by molar-refractivity contribution is -0.704. The van der Waals surface area contributed by atoms with E-state index in [1.807, 2.05) is 16.8 Å². The summed E-state index contributed by atoms with van der Waals surface area (Å²) < 4.78 is 4.50. The fourth-order valence-corrected chi connectivity index (χ4v) is 3.58. The minimum Gasteiger partial charge on any atom is -0.453 e.